The Kier molecular flexibility index (Phi) is 3.57. The molecule has 0 N–H and O–H groups in total. The number of para-hydroxylation sites is 1. The van der Waals surface area contributed by atoms with Crippen molar-refractivity contribution < 1.29 is 9.18 Å². The molecule has 3 rings (SSSR count). The number of rotatable bonds is 2. The number of hydrogen-bond acceptors (Lipinski definition) is 1. The van der Waals surface area contributed by atoms with E-state index in [0.717, 1.165) is 17.7 Å². The molecule has 2 nitrogen and oxygen atoms in total. The quantitative estimate of drug-likeness (QED) is 0.811. The SMILES string of the molecule is O=C1CCc2ccccc2N1Cc1ccc(F)c(Br)c1. The maximum atomic E-state index is 13.3. The molecule has 2 aromatic carbocycles. The van der Waals surface area contributed by atoms with Gasteiger partial charge in [-0.1, -0.05) is 24.3 Å². The first-order valence-corrected chi connectivity index (χ1v) is 7.26. The zero-order valence-corrected chi connectivity index (χ0v) is 12.4. The predicted molar refractivity (Wildman–Crippen MR) is 80.1 cm³/mol. The Labute approximate surface area is 125 Å². The second kappa shape index (κ2) is 5.37. The van der Waals surface area contributed by atoms with Crippen molar-refractivity contribution in [3.63, 3.8) is 0 Å². The zero-order valence-electron chi connectivity index (χ0n) is 10.8. The lowest BCUT2D eigenvalue weighted by molar-refractivity contribution is -0.119. The van der Waals surface area contributed by atoms with Gasteiger partial charge in [0, 0.05) is 12.1 Å². The fourth-order valence-electron chi connectivity index (χ4n) is 2.49. The monoisotopic (exact) mass is 333 g/mol. The molecule has 0 atom stereocenters. The smallest absolute Gasteiger partial charge is 0.227 e. The molecule has 0 spiro atoms. The molecule has 0 radical (unpaired) electrons. The first-order chi connectivity index (χ1) is 9.65. The highest BCUT2D eigenvalue weighted by Gasteiger charge is 2.23. The largest absolute Gasteiger partial charge is 0.308 e. The van der Waals surface area contributed by atoms with Gasteiger partial charge >= 0.3 is 0 Å². The van der Waals surface area contributed by atoms with E-state index in [1.807, 2.05) is 18.2 Å². The van der Waals surface area contributed by atoms with E-state index < -0.39 is 0 Å². The van der Waals surface area contributed by atoms with Crippen LogP contribution in [-0.4, -0.2) is 5.91 Å². The maximum absolute atomic E-state index is 13.3. The first-order valence-electron chi connectivity index (χ1n) is 6.47. The zero-order chi connectivity index (χ0) is 14.1. The van der Waals surface area contributed by atoms with E-state index >= 15 is 0 Å². The Morgan fingerprint density at radius 3 is 2.75 bits per heavy atom. The molecule has 20 heavy (non-hydrogen) atoms. The Bertz CT molecular complexity index is 671. The normalized spacial score (nSPS) is 14.3. The number of anilines is 1. The molecule has 1 aliphatic rings. The molecular weight excluding hydrogens is 321 g/mol. The van der Waals surface area contributed by atoms with Crippen molar-refractivity contribution in [1.82, 2.24) is 0 Å². The summed E-state index contributed by atoms with van der Waals surface area (Å²) in [4.78, 5) is 13.9. The molecule has 0 saturated heterocycles. The molecule has 0 aliphatic carbocycles. The molecule has 0 bridgehead atoms. The minimum absolute atomic E-state index is 0.115. The van der Waals surface area contributed by atoms with Gasteiger partial charge in [-0.25, -0.2) is 4.39 Å². The van der Waals surface area contributed by atoms with Crippen molar-refractivity contribution >= 4 is 27.5 Å². The first kappa shape index (κ1) is 13.3. The van der Waals surface area contributed by atoms with Gasteiger partial charge in [-0.05, 0) is 51.7 Å². The van der Waals surface area contributed by atoms with E-state index in [-0.39, 0.29) is 11.7 Å². The van der Waals surface area contributed by atoms with Gasteiger partial charge < -0.3 is 4.90 Å². The number of nitrogens with zero attached hydrogens (tertiary/aromatic N) is 1. The second-order valence-corrected chi connectivity index (χ2v) is 5.71. The van der Waals surface area contributed by atoms with E-state index in [1.165, 1.54) is 11.6 Å². The molecule has 1 amide bonds. The average Bonchev–Trinajstić information content (AvgIpc) is 2.46. The van der Waals surface area contributed by atoms with Crippen LogP contribution in [0.15, 0.2) is 46.9 Å². The number of aryl methyl sites for hydroxylation is 1. The van der Waals surface area contributed by atoms with Crippen LogP contribution in [0.25, 0.3) is 0 Å². The number of fused-ring (bicyclic) bond motifs is 1. The Hall–Kier alpha value is -1.68. The van der Waals surface area contributed by atoms with Gasteiger partial charge in [-0.15, -0.1) is 0 Å². The molecular formula is C16H13BrFNO. The molecule has 0 fully saturated rings. The van der Waals surface area contributed by atoms with Gasteiger partial charge in [0.25, 0.3) is 0 Å². The van der Waals surface area contributed by atoms with E-state index in [9.17, 15) is 9.18 Å². The van der Waals surface area contributed by atoms with Crippen LogP contribution < -0.4 is 4.90 Å². The summed E-state index contributed by atoms with van der Waals surface area (Å²) in [7, 11) is 0. The minimum atomic E-state index is -0.292. The number of amides is 1. The molecule has 102 valence electrons. The highest BCUT2D eigenvalue weighted by atomic mass is 79.9. The highest BCUT2D eigenvalue weighted by Crippen LogP contribution is 2.29. The summed E-state index contributed by atoms with van der Waals surface area (Å²) in [5.74, 6) is -0.178. The van der Waals surface area contributed by atoms with Crippen molar-refractivity contribution in [1.29, 1.82) is 0 Å². The standard InChI is InChI=1S/C16H13BrFNO/c17-13-9-11(5-7-14(13)18)10-19-15-4-2-1-3-12(15)6-8-16(19)20/h1-5,7,9H,6,8,10H2. The van der Waals surface area contributed by atoms with E-state index in [0.29, 0.717) is 17.4 Å². The van der Waals surface area contributed by atoms with Crippen LogP contribution >= 0.6 is 15.9 Å². The third kappa shape index (κ3) is 2.48. The van der Waals surface area contributed by atoms with E-state index in [4.69, 9.17) is 0 Å². The Balaban J connectivity index is 1.93. The van der Waals surface area contributed by atoms with Crippen LogP contribution in [0.3, 0.4) is 0 Å². The number of hydrogen-bond donors (Lipinski definition) is 0. The summed E-state index contributed by atoms with van der Waals surface area (Å²) >= 11 is 3.18. The van der Waals surface area contributed by atoms with Gasteiger partial charge in [-0.2, -0.15) is 0 Å². The Morgan fingerprint density at radius 1 is 1.15 bits per heavy atom. The lowest BCUT2D eigenvalue weighted by atomic mass is 10.0. The summed E-state index contributed by atoms with van der Waals surface area (Å²) in [6.07, 6.45) is 1.32. The van der Waals surface area contributed by atoms with Crippen molar-refractivity contribution in [3.05, 3.63) is 63.9 Å². The molecule has 2 aromatic rings. The summed E-state index contributed by atoms with van der Waals surface area (Å²) < 4.78 is 13.7. The van der Waals surface area contributed by atoms with Crippen LogP contribution in [-0.2, 0) is 17.8 Å². The minimum Gasteiger partial charge on any atom is -0.308 e. The number of carbonyl (C=O) groups excluding carboxylic acids is 1. The van der Waals surface area contributed by atoms with Crippen molar-refractivity contribution in [2.24, 2.45) is 0 Å². The van der Waals surface area contributed by atoms with Crippen LogP contribution in [0.4, 0.5) is 10.1 Å². The van der Waals surface area contributed by atoms with Crippen LogP contribution in [0.1, 0.15) is 17.5 Å². The maximum Gasteiger partial charge on any atom is 0.227 e. The van der Waals surface area contributed by atoms with Crippen LogP contribution in [0, 0.1) is 5.82 Å². The van der Waals surface area contributed by atoms with Crippen LogP contribution in [0.2, 0.25) is 0 Å². The van der Waals surface area contributed by atoms with Gasteiger partial charge in [0.15, 0.2) is 0 Å². The number of benzene rings is 2. The van der Waals surface area contributed by atoms with Gasteiger partial charge in [0.1, 0.15) is 5.82 Å². The van der Waals surface area contributed by atoms with Gasteiger partial charge in [-0.3, -0.25) is 4.79 Å². The van der Waals surface area contributed by atoms with Gasteiger partial charge in [0.2, 0.25) is 5.91 Å². The van der Waals surface area contributed by atoms with E-state index in [2.05, 4.69) is 22.0 Å². The fourth-order valence-corrected chi connectivity index (χ4v) is 2.92. The summed E-state index contributed by atoms with van der Waals surface area (Å²) in [6.45, 7) is 0.467. The molecule has 0 aromatic heterocycles. The third-order valence-corrected chi connectivity index (χ3v) is 4.12. The predicted octanol–water partition coefficient (Wildman–Crippen LogP) is 4.07. The third-order valence-electron chi connectivity index (χ3n) is 3.52. The lowest BCUT2D eigenvalue weighted by Gasteiger charge is -2.29. The lowest BCUT2D eigenvalue weighted by Crippen LogP contribution is -2.34. The van der Waals surface area contributed by atoms with Gasteiger partial charge in [0.05, 0.1) is 11.0 Å². The van der Waals surface area contributed by atoms with Crippen molar-refractivity contribution in [2.45, 2.75) is 19.4 Å². The molecule has 0 saturated carbocycles. The van der Waals surface area contributed by atoms with E-state index in [1.54, 1.807) is 17.0 Å². The topological polar surface area (TPSA) is 20.3 Å². The summed E-state index contributed by atoms with van der Waals surface area (Å²) in [5, 5.41) is 0. The van der Waals surface area contributed by atoms with Crippen molar-refractivity contribution in [3.8, 4) is 0 Å². The highest BCUT2D eigenvalue weighted by molar-refractivity contribution is 9.10. The summed E-state index contributed by atoms with van der Waals surface area (Å²) in [6, 6.07) is 12.8. The molecule has 0 unspecified atom stereocenters. The van der Waals surface area contributed by atoms with Crippen molar-refractivity contribution in [2.75, 3.05) is 4.90 Å². The molecule has 1 heterocycles. The molecule has 1 aliphatic heterocycles. The second-order valence-electron chi connectivity index (χ2n) is 4.86. The number of halogens is 2. The van der Waals surface area contributed by atoms with Crippen LogP contribution in [0.5, 0.6) is 0 Å². The molecule has 4 heteroatoms. The Morgan fingerprint density at radius 2 is 1.95 bits per heavy atom. The number of carbonyl (C=O) groups is 1. The average molecular weight is 334 g/mol. The summed E-state index contributed by atoms with van der Waals surface area (Å²) in [5.41, 5.74) is 3.06. The fraction of sp³-hybridized carbons (Fsp3) is 0.188.